The van der Waals surface area contributed by atoms with Crippen molar-refractivity contribution in [3.63, 3.8) is 0 Å². The van der Waals surface area contributed by atoms with Crippen molar-refractivity contribution in [2.45, 2.75) is 12.5 Å². The highest BCUT2D eigenvalue weighted by molar-refractivity contribution is 5.39. The molecule has 0 bridgehead atoms. The molecule has 2 rings (SSSR count). The molecule has 100 valence electrons. The highest BCUT2D eigenvalue weighted by atomic mass is 16.5. The van der Waals surface area contributed by atoms with Crippen LogP contribution in [0.3, 0.4) is 0 Å². The van der Waals surface area contributed by atoms with Crippen molar-refractivity contribution in [3.8, 4) is 0 Å². The first-order chi connectivity index (χ1) is 9.25. The van der Waals surface area contributed by atoms with Crippen LogP contribution in [0.4, 0.5) is 5.69 Å². The molecule has 0 aliphatic heterocycles. The molecule has 3 N–H and O–H groups in total. The predicted molar refractivity (Wildman–Crippen MR) is 74.6 cm³/mol. The van der Waals surface area contributed by atoms with E-state index in [0.29, 0.717) is 12.3 Å². The fraction of sp³-hybridized carbons (Fsp3) is 0.267. The van der Waals surface area contributed by atoms with Gasteiger partial charge in [0, 0.05) is 24.0 Å². The van der Waals surface area contributed by atoms with E-state index in [9.17, 15) is 5.11 Å². The largest absolute Gasteiger partial charge is 0.399 e. The van der Waals surface area contributed by atoms with E-state index in [2.05, 4.69) is 4.98 Å². The Labute approximate surface area is 112 Å². The van der Waals surface area contributed by atoms with Gasteiger partial charge in [0.2, 0.25) is 0 Å². The molecule has 0 saturated carbocycles. The second-order valence-corrected chi connectivity index (χ2v) is 4.33. The number of aromatic nitrogens is 1. The van der Waals surface area contributed by atoms with Crippen LogP contribution in [0, 0.1) is 0 Å². The van der Waals surface area contributed by atoms with Crippen LogP contribution in [0.2, 0.25) is 0 Å². The van der Waals surface area contributed by atoms with Gasteiger partial charge in [0.05, 0.1) is 13.2 Å². The molecule has 0 aliphatic rings. The van der Waals surface area contributed by atoms with Crippen LogP contribution in [0.5, 0.6) is 0 Å². The summed E-state index contributed by atoms with van der Waals surface area (Å²) in [6, 6.07) is 12.9. The topological polar surface area (TPSA) is 68.4 Å². The van der Waals surface area contributed by atoms with Crippen LogP contribution in [0.15, 0.2) is 48.7 Å². The third kappa shape index (κ3) is 4.35. The Morgan fingerprint density at radius 2 is 1.95 bits per heavy atom. The molecule has 4 heteroatoms. The van der Waals surface area contributed by atoms with E-state index in [0.717, 1.165) is 17.7 Å². The average molecular weight is 258 g/mol. The van der Waals surface area contributed by atoms with Crippen LogP contribution < -0.4 is 5.73 Å². The highest BCUT2D eigenvalue weighted by Crippen LogP contribution is 2.14. The van der Waals surface area contributed by atoms with Gasteiger partial charge < -0.3 is 15.6 Å². The minimum Gasteiger partial charge on any atom is -0.399 e. The number of rotatable bonds is 6. The summed E-state index contributed by atoms with van der Waals surface area (Å²) in [6.07, 6.45) is 1.89. The summed E-state index contributed by atoms with van der Waals surface area (Å²) < 4.78 is 5.46. The van der Waals surface area contributed by atoms with E-state index < -0.39 is 6.10 Å². The fourth-order valence-corrected chi connectivity index (χ4v) is 1.73. The van der Waals surface area contributed by atoms with Crippen LogP contribution in [0.25, 0.3) is 0 Å². The number of hydrogen-bond donors (Lipinski definition) is 2. The van der Waals surface area contributed by atoms with Crippen LogP contribution in [0.1, 0.15) is 17.4 Å². The molecular formula is C15H18N2O2. The number of nitrogens with two attached hydrogens (primary N) is 1. The SMILES string of the molecule is Nc1ccc(C(O)COCCc2ccccn2)cc1. The summed E-state index contributed by atoms with van der Waals surface area (Å²) in [5.74, 6) is 0. The molecule has 0 aliphatic carbocycles. The number of benzene rings is 1. The molecule has 1 aromatic heterocycles. The Morgan fingerprint density at radius 1 is 1.16 bits per heavy atom. The lowest BCUT2D eigenvalue weighted by atomic mass is 10.1. The lowest BCUT2D eigenvalue weighted by Crippen LogP contribution is -2.09. The Balaban J connectivity index is 1.72. The highest BCUT2D eigenvalue weighted by Gasteiger charge is 2.07. The maximum Gasteiger partial charge on any atom is 0.102 e. The van der Waals surface area contributed by atoms with Crippen molar-refractivity contribution in [2.24, 2.45) is 0 Å². The summed E-state index contributed by atoms with van der Waals surface area (Å²) in [6.45, 7) is 0.819. The smallest absolute Gasteiger partial charge is 0.102 e. The van der Waals surface area contributed by atoms with Gasteiger partial charge in [-0.05, 0) is 29.8 Å². The van der Waals surface area contributed by atoms with Crippen LogP contribution in [-0.2, 0) is 11.2 Å². The molecule has 2 aromatic rings. The van der Waals surface area contributed by atoms with E-state index in [1.54, 1.807) is 18.3 Å². The zero-order valence-electron chi connectivity index (χ0n) is 10.7. The third-order valence-corrected chi connectivity index (χ3v) is 2.83. The van der Waals surface area contributed by atoms with Gasteiger partial charge in [-0.2, -0.15) is 0 Å². The molecule has 0 amide bonds. The summed E-state index contributed by atoms with van der Waals surface area (Å²) in [7, 11) is 0. The number of aliphatic hydroxyl groups is 1. The maximum atomic E-state index is 9.93. The van der Waals surface area contributed by atoms with E-state index >= 15 is 0 Å². The molecule has 0 spiro atoms. The average Bonchev–Trinajstić information content (AvgIpc) is 2.45. The first-order valence-electron chi connectivity index (χ1n) is 6.27. The van der Waals surface area contributed by atoms with Gasteiger partial charge in [0.15, 0.2) is 0 Å². The monoisotopic (exact) mass is 258 g/mol. The van der Waals surface area contributed by atoms with Crippen molar-refractivity contribution in [3.05, 3.63) is 59.9 Å². The Bertz CT molecular complexity index is 485. The van der Waals surface area contributed by atoms with Gasteiger partial charge in [0.1, 0.15) is 6.10 Å². The molecule has 1 heterocycles. The number of hydrogen-bond acceptors (Lipinski definition) is 4. The maximum absolute atomic E-state index is 9.93. The minimum absolute atomic E-state index is 0.275. The van der Waals surface area contributed by atoms with Gasteiger partial charge in [-0.1, -0.05) is 18.2 Å². The summed E-state index contributed by atoms with van der Waals surface area (Å²) in [5.41, 5.74) is 8.08. The van der Waals surface area contributed by atoms with Gasteiger partial charge in [-0.15, -0.1) is 0 Å². The second kappa shape index (κ2) is 6.87. The van der Waals surface area contributed by atoms with Crippen molar-refractivity contribution in [1.29, 1.82) is 0 Å². The fourth-order valence-electron chi connectivity index (χ4n) is 1.73. The minimum atomic E-state index is -0.621. The molecule has 0 radical (unpaired) electrons. The quantitative estimate of drug-likeness (QED) is 0.614. The van der Waals surface area contributed by atoms with E-state index in [1.807, 2.05) is 30.3 Å². The molecule has 1 atom stereocenters. The third-order valence-electron chi connectivity index (χ3n) is 2.83. The number of nitrogens with zero attached hydrogens (tertiary/aromatic N) is 1. The van der Waals surface area contributed by atoms with Crippen molar-refractivity contribution in [2.75, 3.05) is 18.9 Å². The van der Waals surface area contributed by atoms with E-state index in [1.165, 1.54) is 0 Å². The Hall–Kier alpha value is -1.91. The van der Waals surface area contributed by atoms with Gasteiger partial charge in [-0.3, -0.25) is 4.98 Å². The number of ether oxygens (including phenoxy) is 1. The van der Waals surface area contributed by atoms with Crippen molar-refractivity contribution < 1.29 is 9.84 Å². The predicted octanol–water partition coefficient (Wildman–Crippen LogP) is 1.96. The van der Waals surface area contributed by atoms with Gasteiger partial charge >= 0.3 is 0 Å². The van der Waals surface area contributed by atoms with Crippen molar-refractivity contribution in [1.82, 2.24) is 4.98 Å². The summed E-state index contributed by atoms with van der Waals surface area (Å²) >= 11 is 0. The van der Waals surface area contributed by atoms with E-state index in [-0.39, 0.29) is 6.61 Å². The lowest BCUT2D eigenvalue weighted by molar-refractivity contribution is 0.0372. The Kier molecular flexibility index (Phi) is 4.89. The lowest BCUT2D eigenvalue weighted by Gasteiger charge is -2.11. The second-order valence-electron chi connectivity index (χ2n) is 4.33. The number of nitrogen functional groups attached to an aromatic ring is 1. The molecule has 1 unspecified atom stereocenters. The van der Waals surface area contributed by atoms with Gasteiger partial charge in [-0.25, -0.2) is 0 Å². The molecule has 0 saturated heterocycles. The zero-order chi connectivity index (χ0) is 13.5. The van der Waals surface area contributed by atoms with Gasteiger partial charge in [0.25, 0.3) is 0 Å². The molecule has 1 aromatic carbocycles. The summed E-state index contributed by atoms with van der Waals surface area (Å²) in [4.78, 5) is 4.21. The van der Waals surface area contributed by atoms with E-state index in [4.69, 9.17) is 10.5 Å². The van der Waals surface area contributed by atoms with Crippen molar-refractivity contribution >= 4 is 5.69 Å². The number of anilines is 1. The first-order valence-corrected chi connectivity index (χ1v) is 6.27. The molecule has 4 nitrogen and oxygen atoms in total. The summed E-state index contributed by atoms with van der Waals surface area (Å²) in [5, 5.41) is 9.93. The zero-order valence-corrected chi connectivity index (χ0v) is 10.7. The molecular weight excluding hydrogens is 240 g/mol. The Morgan fingerprint density at radius 3 is 2.63 bits per heavy atom. The molecule has 0 fully saturated rings. The van der Waals surface area contributed by atoms with Crippen LogP contribution >= 0.6 is 0 Å². The number of aliphatic hydroxyl groups excluding tert-OH is 1. The standard InChI is InChI=1S/C15H18N2O2/c16-13-6-4-12(5-7-13)15(18)11-19-10-8-14-3-1-2-9-17-14/h1-7,9,15,18H,8,10-11,16H2. The number of pyridine rings is 1. The molecule has 19 heavy (non-hydrogen) atoms. The normalized spacial score (nSPS) is 12.3. The first kappa shape index (κ1) is 13.5. The van der Waals surface area contributed by atoms with Crippen LogP contribution in [-0.4, -0.2) is 23.3 Å².